The molecule has 0 unspecified atom stereocenters. The standard InChI is InChI=1S/C22H36O2/c1-2-3-4-5-6-7-8-9-10-11-12-13-14-15-16-17-18-19-20-21-22(23)24/h6-7,9-10,12-13,15-16H,2-5,8,11,14,17-21H2,1H3,(H,23,24)/b7-6+,10-9-,13-12-,16-15-. The molecule has 0 aliphatic heterocycles. The zero-order valence-electron chi connectivity index (χ0n) is 15.5. The van der Waals surface area contributed by atoms with E-state index in [1.807, 2.05) is 0 Å². The van der Waals surface area contributed by atoms with Gasteiger partial charge in [0.15, 0.2) is 0 Å². The van der Waals surface area contributed by atoms with Crippen LogP contribution in [0.15, 0.2) is 48.6 Å². The Labute approximate surface area is 149 Å². The van der Waals surface area contributed by atoms with Crippen LogP contribution in [0.2, 0.25) is 0 Å². The molecule has 2 heteroatoms. The van der Waals surface area contributed by atoms with Crippen molar-refractivity contribution in [3.8, 4) is 0 Å². The lowest BCUT2D eigenvalue weighted by Crippen LogP contribution is -1.93. The predicted octanol–water partition coefficient (Wildman–Crippen LogP) is 7.00. The number of carboxylic acid groups (broad SMARTS) is 1. The summed E-state index contributed by atoms with van der Waals surface area (Å²) < 4.78 is 0. The molecule has 1 N–H and O–H groups in total. The van der Waals surface area contributed by atoms with Gasteiger partial charge in [-0.1, -0.05) is 74.8 Å². The van der Waals surface area contributed by atoms with Gasteiger partial charge in [-0.05, 0) is 51.4 Å². The number of unbranched alkanes of at least 4 members (excludes halogenated alkanes) is 6. The Bertz CT molecular complexity index is 389. The van der Waals surface area contributed by atoms with Crippen LogP contribution in [0.25, 0.3) is 0 Å². The molecule has 0 heterocycles. The second-order valence-corrected chi connectivity index (χ2v) is 6.08. The third-order valence-electron chi connectivity index (χ3n) is 3.72. The van der Waals surface area contributed by atoms with Gasteiger partial charge in [-0.2, -0.15) is 0 Å². The maximum atomic E-state index is 10.4. The quantitative estimate of drug-likeness (QED) is 0.244. The molecule has 0 spiro atoms. The van der Waals surface area contributed by atoms with Crippen LogP contribution in [-0.2, 0) is 4.79 Å². The van der Waals surface area contributed by atoms with Gasteiger partial charge in [-0.15, -0.1) is 0 Å². The Hall–Kier alpha value is -1.57. The normalized spacial score (nSPS) is 12.4. The predicted molar refractivity (Wildman–Crippen MR) is 105 cm³/mol. The second-order valence-electron chi connectivity index (χ2n) is 6.08. The molecule has 2 nitrogen and oxygen atoms in total. The van der Waals surface area contributed by atoms with Crippen LogP contribution >= 0.6 is 0 Å². The monoisotopic (exact) mass is 332 g/mol. The highest BCUT2D eigenvalue weighted by Crippen LogP contribution is 2.04. The molecule has 0 atom stereocenters. The first-order valence-corrected chi connectivity index (χ1v) is 9.59. The van der Waals surface area contributed by atoms with Crippen LogP contribution in [0.3, 0.4) is 0 Å². The van der Waals surface area contributed by atoms with Gasteiger partial charge in [0.05, 0.1) is 0 Å². The van der Waals surface area contributed by atoms with Gasteiger partial charge in [0.25, 0.3) is 0 Å². The molecule has 0 rings (SSSR count). The highest BCUT2D eigenvalue weighted by atomic mass is 16.4. The molecule has 0 aliphatic carbocycles. The van der Waals surface area contributed by atoms with Crippen molar-refractivity contribution in [2.24, 2.45) is 0 Å². The van der Waals surface area contributed by atoms with Gasteiger partial charge < -0.3 is 5.11 Å². The molecule has 0 aliphatic rings. The van der Waals surface area contributed by atoms with Crippen LogP contribution in [0, 0.1) is 0 Å². The van der Waals surface area contributed by atoms with E-state index < -0.39 is 5.97 Å². The smallest absolute Gasteiger partial charge is 0.303 e. The van der Waals surface area contributed by atoms with Gasteiger partial charge in [-0.3, -0.25) is 4.79 Å². The van der Waals surface area contributed by atoms with Gasteiger partial charge in [0.2, 0.25) is 0 Å². The van der Waals surface area contributed by atoms with Crippen molar-refractivity contribution >= 4 is 5.97 Å². The van der Waals surface area contributed by atoms with E-state index in [1.54, 1.807) is 0 Å². The van der Waals surface area contributed by atoms with Crippen molar-refractivity contribution in [1.29, 1.82) is 0 Å². The average Bonchev–Trinajstić information content (AvgIpc) is 2.56. The fourth-order valence-electron chi connectivity index (χ4n) is 2.28. The molecule has 0 aromatic heterocycles. The highest BCUT2D eigenvalue weighted by molar-refractivity contribution is 5.66. The lowest BCUT2D eigenvalue weighted by Gasteiger charge is -1.94. The third-order valence-corrected chi connectivity index (χ3v) is 3.72. The minimum absolute atomic E-state index is 0.300. The van der Waals surface area contributed by atoms with E-state index in [4.69, 9.17) is 5.11 Å². The summed E-state index contributed by atoms with van der Waals surface area (Å²) >= 11 is 0. The van der Waals surface area contributed by atoms with Crippen molar-refractivity contribution in [3.05, 3.63) is 48.6 Å². The van der Waals surface area contributed by atoms with E-state index in [2.05, 4.69) is 55.5 Å². The number of allylic oxidation sites excluding steroid dienone is 8. The molecule has 0 aromatic rings. The molecular formula is C22H36O2. The lowest BCUT2D eigenvalue weighted by molar-refractivity contribution is -0.137. The van der Waals surface area contributed by atoms with Crippen molar-refractivity contribution in [2.75, 3.05) is 0 Å². The molecule has 24 heavy (non-hydrogen) atoms. The number of rotatable bonds is 16. The molecular weight excluding hydrogens is 296 g/mol. The molecule has 0 amide bonds. The highest BCUT2D eigenvalue weighted by Gasteiger charge is 1.94. The Morgan fingerprint density at radius 3 is 1.58 bits per heavy atom. The first-order chi connectivity index (χ1) is 11.8. The van der Waals surface area contributed by atoms with Crippen molar-refractivity contribution in [1.82, 2.24) is 0 Å². The average molecular weight is 333 g/mol. The largest absolute Gasteiger partial charge is 0.481 e. The maximum Gasteiger partial charge on any atom is 0.303 e. The third kappa shape index (κ3) is 20.4. The Morgan fingerprint density at radius 1 is 0.667 bits per heavy atom. The molecule has 0 saturated carbocycles. The van der Waals surface area contributed by atoms with Crippen LogP contribution in [-0.4, -0.2) is 11.1 Å². The first-order valence-electron chi connectivity index (χ1n) is 9.59. The van der Waals surface area contributed by atoms with E-state index in [0.717, 1.165) is 44.9 Å². The van der Waals surface area contributed by atoms with E-state index in [0.29, 0.717) is 6.42 Å². The second kappa shape index (κ2) is 19.5. The van der Waals surface area contributed by atoms with Crippen LogP contribution in [0.5, 0.6) is 0 Å². The zero-order valence-corrected chi connectivity index (χ0v) is 15.5. The minimum atomic E-state index is -0.687. The number of aliphatic carboxylic acids is 1. The zero-order chi connectivity index (χ0) is 17.7. The Morgan fingerprint density at radius 2 is 1.12 bits per heavy atom. The van der Waals surface area contributed by atoms with Gasteiger partial charge in [0.1, 0.15) is 0 Å². The molecule has 0 radical (unpaired) electrons. The van der Waals surface area contributed by atoms with Gasteiger partial charge >= 0.3 is 5.97 Å². The molecule has 0 aromatic carbocycles. The maximum absolute atomic E-state index is 10.4. The number of carboxylic acids is 1. The van der Waals surface area contributed by atoms with E-state index >= 15 is 0 Å². The van der Waals surface area contributed by atoms with Crippen molar-refractivity contribution < 1.29 is 9.90 Å². The Balaban J connectivity index is 3.37. The topological polar surface area (TPSA) is 37.3 Å². The van der Waals surface area contributed by atoms with E-state index in [9.17, 15) is 4.79 Å². The molecule has 0 saturated heterocycles. The summed E-state index contributed by atoms with van der Waals surface area (Å²) in [5, 5.41) is 8.53. The van der Waals surface area contributed by atoms with Crippen LogP contribution in [0.4, 0.5) is 0 Å². The summed E-state index contributed by atoms with van der Waals surface area (Å²) in [6, 6.07) is 0. The Kier molecular flexibility index (Phi) is 18.2. The fraction of sp³-hybridized carbons (Fsp3) is 0.591. The van der Waals surface area contributed by atoms with Crippen LogP contribution < -0.4 is 0 Å². The SMILES string of the molecule is CCCCC/C=C/C/C=C\C/C=C\C/C=C\CCCCCC(=O)O. The molecule has 0 fully saturated rings. The van der Waals surface area contributed by atoms with Gasteiger partial charge in [0, 0.05) is 6.42 Å². The number of hydrogen-bond acceptors (Lipinski definition) is 1. The molecule has 0 bridgehead atoms. The lowest BCUT2D eigenvalue weighted by atomic mass is 10.1. The minimum Gasteiger partial charge on any atom is -0.481 e. The summed E-state index contributed by atoms with van der Waals surface area (Å²) in [4.78, 5) is 10.4. The summed E-state index contributed by atoms with van der Waals surface area (Å²) in [6.45, 7) is 2.24. The molecule has 136 valence electrons. The summed E-state index contributed by atoms with van der Waals surface area (Å²) in [7, 11) is 0. The fourth-order valence-corrected chi connectivity index (χ4v) is 2.28. The van der Waals surface area contributed by atoms with Crippen molar-refractivity contribution in [3.63, 3.8) is 0 Å². The van der Waals surface area contributed by atoms with Crippen LogP contribution in [0.1, 0.15) is 84.0 Å². The van der Waals surface area contributed by atoms with E-state index in [1.165, 1.54) is 25.7 Å². The summed E-state index contributed by atoms with van der Waals surface area (Å²) in [5.74, 6) is -0.687. The summed E-state index contributed by atoms with van der Waals surface area (Å²) in [5.41, 5.74) is 0. The first kappa shape index (κ1) is 22.4. The summed E-state index contributed by atoms with van der Waals surface area (Å²) in [6.07, 6.45) is 30.2. The number of hydrogen-bond donors (Lipinski definition) is 1. The van der Waals surface area contributed by atoms with Crippen molar-refractivity contribution in [2.45, 2.75) is 84.0 Å². The van der Waals surface area contributed by atoms with Gasteiger partial charge in [-0.25, -0.2) is 0 Å². The number of carbonyl (C=O) groups is 1. The van der Waals surface area contributed by atoms with E-state index in [-0.39, 0.29) is 0 Å².